The number of rotatable bonds is 1. The highest BCUT2D eigenvalue weighted by molar-refractivity contribution is 5.77. The lowest BCUT2D eigenvalue weighted by Gasteiger charge is -2.24. The van der Waals surface area contributed by atoms with Gasteiger partial charge in [-0.05, 0) is 13.3 Å². The predicted octanol–water partition coefficient (Wildman–Crippen LogP) is 0.438. The Kier molecular flexibility index (Phi) is 1.91. The number of allylic oxidation sites excluding steroid dienone is 1. The van der Waals surface area contributed by atoms with Gasteiger partial charge in [-0.15, -0.1) is 0 Å². The van der Waals surface area contributed by atoms with Gasteiger partial charge in [-0.2, -0.15) is 0 Å². The summed E-state index contributed by atoms with van der Waals surface area (Å²) in [7, 11) is 0. The van der Waals surface area contributed by atoms with E-state index < -0.39 is 10.9 Å². The third kappa shape index (κ3) is 1.07. The molecule has 1 N–H and O–H groups in total. The van der Waals surface area contributed by atoms with Gasteiger partial charge >= 0.3 is 0 Å². The highest BCUT2D eigenvalue weighted by Crippen LogP contribution is 2.25. The molecular weight excluding hydrogens is 180 g/mol. The Bertz CT molecular complexity index is 455. The van der Waals surface area contributed by atoms with Crippen LogP contribution in [0.3, 0.4) is 0 Å². The van der Waals surface area contributed by atoms with Crippen LogP contribution in [0.15, 0.2) is 21.9 Å². The standard InChI is InChI=1S/C10H12N2O2/c1-6(2)12-5-3-4-11-7-8(12)10(14)9(7)13/h11H,1,3-5H2,2H3. The molecule has 0 saturated heterocycles. The van der Waals surface area contributed by atoms with Gasteiger partial charge in [-0.1, -0.05) is 6.58 Å². The fourth-order valence-electron chi connectivity index (χ4n) is 1.75. The van der Waals surface area contributed by atoms with Crippen molar-refractivity contribution in [2.24, 2.45) is 0 Å². The zero-order valence-corrected chi connectivity index (χ0v) is 8.09. The van der Waals surface area contributed by atoms with Crippen molar-refractivity contribution in [3.05, 3.63) is 32.7 Å². The first-order valence-corrected chi connectivity index (χ1v) is 4.63. The van der Waals surface area contributed by atoms with E-state index in [-0.39, 0.29) is 0 Å². The number of fused-ring (bicyclic) bond motifs is 1. The quantitative estimate of drug-likeness (QED) is 0.656. The lowest BCUT2D eigenvalue weighted by Crippen LogP contribution is -2.40. The highest BCUT2D eigenvalue weighted by atomic mass is 16.2. The first-order valence-electron chi connectivity index (χ1n) is 4.63. The van der Waals surface area contributed by atoms with Crippen molar-refractivity contribution in [2.75, 3.05) is 23.3 Å². The van der Waals surface area contributed by atoms with Crippen LogP contribution in [0.1, 0.15) is 13.3 Å². The van der Waals surface area contributed by atoms with Gasteiger partial charge in [0.15, 0.2) is 0 Å². The van der Waals surface area contributed by atoms with Gasteiger partial charge in [0.25, 0.3) is 10.9 Å². The zero-order valence-electron chi connectivity index (χ0n) is 8.09. The summed E-state index contributed by atoms with van der Waals surface area (Å²) < 4.78 is 0. The molecule has 0 spiro atoms. The molecule has 0 aromatic heterocycles. The Morgan fingerprint density at radius 1 is 1.43 bits per heavy atom. The van der Waals surface area contributed by atoms with Crippen LogP contribution in [0.5, 0.6) is 0 Å². The van der Waals surface area contributed by atoms with Gasteiger partial charge < -0.3 is 10.2 Å². The molecule has 1 aromatic rings. The van der Waals surface area contributed by atoms with Crippen LogP contribution in [0.25, 0.3) is 0 Å². The summed E-state index contributed by atoms with van der Waals surface area (Å²) in [5.41, 5.74) is 0.989. The van der Waals surface area contributed by atoms with Gasteiger partial charge in [0, 0.05) is 18.8 Å². The number of hydrogen-bond acceptors (Lipinski definition) is 4. The monoisotopic (exact) mass is 192 g/mol. The minimum absolute atomic E-state index is 0.391. The number of hydrogen-bond donors (Lipinski definition) is 1. The van der Waals surface area contributed by atoms with E-state index >= 15 is 0 Å². The van der Waals surface area contributed by atoms with Crippen LogP contribution in [0.2, 0.25) is 0 Å². The van der Waals surface area contributed by atoms with Crippen LogP contribution in [0.4, 0.5) is 11.4 Å². The first kappa shape index (κ1) is 8.99. The van der Waals surface area contributed by atoms with Crippen molar-refractivity contribution in [3.63, 3.8) is 0 Å². The fourth-order valence-corrected chi connectivity index (χ4v) is 1.75. The lowest BCUT2D eigenvalue weighted by molar-refractivity contribution is 0.834. The lowest BCUT2D eigenvalue weighted by atomic mass is 10.1. The van der Waals surface area contributed by atoms with Gasteiger partial charge in [-0.3, -0.25) is 9.59 Å². The smallest absolute Gasteiger partial charge is 0.253 e. The van der Waals surface area contributed by atoms with Crippen molar-refractivity contribution in [1.82, 2.24) is 0 Å². The van der Waals surface area contributed by atoms with Crippen molar-refractivity contribution < 1.29 is 0 Å². The molecule has 4 nitrogen and oxygen atoms in total. The van der Waals surface area contributed by atoms with Crippen LogP contribution in [-0.2, 0) is 0 Å². The third-order valence-corrected chi connectivity index (χ3v) is 2.48. The molecule has 0 bridgehead atoms. The molecule has 0 atom stereocenters. The van der Waals surface area contributed by atoms with E-state index in [2.05, 4.69) is 11.9 Å². The summed E-state index contributed by atoms with van der Waals surface area (Å²) in [6.45, 7) is 7.13. The molecule has 0 saturated carbocycles. The summed E-state index contributed by atoms with van der Waals surface area (Å²) in [5, 5.41) is 2.97. The van der Waals surface area contributed by atoms with E-state index in [0.717, 1.165) is 25.2 Å². The Morgan fingerprint density at radius 2 is 2.14 bits per heavy atom. The normalized spacial score (nSPS) is 15.9. The molecule has 0 fully saturated rings. The van der Waals surface area contributed by atoms with Crippen LogP contribution in [-0.4, -0.2) is 13.1 Å². The molecule has 1 heterocycles. The number of nitrogens with one attached hydrogen (secondary N) is 1. The molecule has 1 aliphatic rings. The molecule has 0 radical (unpaired) electrons. The highest BCUT2D eigenvalue weighted by Gasteiger charge is 2.27. The Balaban J connectivity index is 2.50. The summed E-state index contributed by atoms with van der Waals surface area (Å²) >= 11 is 0. The SMILES string of the molecule is C=C(C)N1CCCNc2c1c(=O)c2=O. The van der Waals surface area contributed by atoms with E-state index in [0.29, 0.717) is 11.4 Å². The minimum atomic E-state index is -0.395. The van der Waals surface area contributed by atoms with E-state index in [1.165, 1.54) is 0 Å². The van der Waals surface area contributed by atoms with Gasteiger partial charge in [0.1, 0.15) is 11.4 Å². The number of anilines is 2. The van der Waals surface area contributed by atoms with Gasteiger partial charge in [0.2, 0.25) is 0 Å². The molecule has 0 aliphatic carbocycles. The van der Waals surface area contributed by atoms with Crippen LogP contribution >= 0.6 is 0 Å². The van der Waals surface area contributed by atoms with Crippen LogP contribution < -0.4 is 21.1 Å². The van der Waals surface area contributed by atoms with Gasteiger partial charge in [-0.25, -0.2) is 0 Å². The molecular formula is C10H12N2O2. The second kappa shape index (κ2) is 2.97. The Labute approximate surface area is 81.5 Å². The van der Waals surface area contributed by atoms with Crippen molar-refractivity contribution in [2.45, 2.75) is 13.3 Å². The van der Waals surface area contributed by atoms with E-state index in [1.807, 2.05) is 11.8 Å². The van der Waals surface area contributed by atoms with Gasteiger partial charge in [0.05, 0.1) is 0 Å². The molecule has 1 aromatic carbocycles. The predicted molar refractivity (Wildman–Crippen MR) is 56.6 cm³/mol. The molecule has 74 valence electrons. The summed E-state index contributed by atoms with van der Waals surface area (Å²) in [4.78, 5) is 24.3. The third-order valence-electron chi connectivity index (χ3n) is 2.48. The maximum atomic E-state index is 11.3. The summed E-state index contributed by atoms with van der Waals surface area (Å²) in [6, 6.07) is 0. The molecule has 0 unspecified atom stereocenters. The topological polar surface area (TPSA) is 49.4 Å². The van der Waals surface area contributed by atoms with Crippen molar-refractivity contribution in [3.8, 4) is 0 Å². The molecule has 1 aliphatic heterocycles. The summed E-state index contributed by atoms with van der Waals surface area (Å²) in [6.07, 6.45) is 0.903. The Morgan fingerprint density at radius 3 is 2.79 bits per heavy atom. The first-order chi connectivity index (χ1) is 6.63. The maximum Gasteiger partial charge on any atom is 0.253 e. The molecule has 14 heavy (non-hydrogen) atoms. The second-order valence-electron chi connectivity index (χ2n) is 3.55. The van der Waals surface area contributed by atoms with E-state index in [1.54, 1.807) is 0 Å². The molecule has 4 heteroatoms. The maximum absolute atomic E-state index is 11.3. The minimum Gasteiger partial charge on any atom is -0.380 e. The average Bonchev–Trinajstić information content (AvgIpc) is 2.36. The fraction of sp³-hybridized carbons (Fsp3) is 0.400. The van der Waals surface area contributed by atoms with E-state index in [9.17, 15) is 9.59 Å². The molecule has 2 rings (SSSR count). The molecule has 0 amide bonds. The van der Waals surface area contributed by atoms with Crippen LogP contribution in [0, 0.1) is 0 Å². The summed E-state index contributed by atoms with van der Waals surface area (Å²) in [5.74, 6) is 0. The van der Waals surface area contributed by atoms with Crippen molar-refractivity contribution in [1.29, 1.82) is 0 Å². The van der Waals surface area contributed by atoms with Crippen molar-refractivity contribution >= 4 is 11.4 Å². The Hall–Kier alpha value is -1.58. The van der Waals surface area contributed by atoms with E-state index in [4.69, 9.17) is 0 Å². The average molecular weight is 192 g/mol. The largest absolute Gasteiger partial charge is 0.380 e. The zero-order chi connectivity index (χ0) is 10.3. The number of nitrogens with zero attached hydrogens (tertiary/aromatic N) is 1. The second-order valence-corrected chi connectivity index (χ2v) is 3.55.